The maximum absolute atomic E-state index is 12.4. The summed E-state index contributed by atoms with van der Waals surface area (Å²) in [4.78, 5) is 27.7. The predicted octanol–water partition coefficient (Wildman–Crippen LogP) is 1.42. The topological polar surface area (TPSA) is 80.3 Å². The van der Waals surface area contributed by atoms with E-state index >= 15 is 0 Å². The van der Waals surface area contributed by atoms with Crippen LogP contribution in [0.3, 0.4) is 0 Å². The molecule has 5 rings (SSSR count). The molecule has 3 fully saturated rings. The van der Waals surface area contributed by atoms with Gasteiger partial charge >= 0.3 is 6.09 Å². The van der Waals surface area contributed by atoms with Gasteiger partial charge in [0.1, 0.15) is 6.10 Å². The Kier molecular flexibility index (Phi) is 4.21. The summed E-state index contributed by atoms with van der Waals surface area (Å²) in [5, 5.41) is 2.76. The normalized spacial score (nSPS) is 27.7. The molecule has 0 bridgehead atoms. The average molecular weight is 387 g/mol. The van der Waals surface area contributed by atoms with Crippen molar-refractivity contribution in [2.75, 3.05) is 42.6 Å². The number of hydrogen-bond acceptors (Lipinski definition) is 6. The zero-order valence-electron chi connectivity index (χ0n) is 16.0. The molecule has 4 aliphatic heterocycles. The van der Waals surface area contributed by atoms with E-state index in [1.807, 2.05) is 6.07 Å². The smallest absolute Gasteiger partial charge is 0.415 e. The molecule has 0 saturated carbocycles. The molecule has 1 spiro atoms. The summed E-state index contributed by atoms with van der Waals surface area (Å²) in [6, 6.07) is 6.21. The molecule has 4 aliphatic rings. The zero-order valence-corrected chi connectivity index (χ0v) is 16.0. The Bertz CT molecular complexity index is 797. The molecule has 28 heavy (non-hydrogen) atoms. The van der Waals surface area contributed by atoms with Crippen molar-refractivity contribution in [3.05, 3.63) is 23.8 Å². The second kappa shape index (κ2) is 6.63. The number of nitrogens with zero attached hydrogens (tertiary/aromatic N) is 2. The number of cyclic esters (lactones) is 1. The van der Waals surface area contributed by atoms with Crippen LogP contribution in [-0.4, -0.2) is 62.8 Å². The molecule has 8 heteroatoms. The van der Waals surface area contributed by atoms with Gasteiger partial charge in [0.2, 0.25) is 5.91 Å². The van der Waals surface area contributed by atoms with Crippen LogP contribution >= 0.6 is 0 Å². The summed E-state index contributed by atoms with van der Waals surface area (Å²) >= 11 is 0. The van der Waals surface area contributed by atoms with E-state index in [2.05, 4.69) is 22.3 Å². The molecule has 150 valence electrons. The molecule has 4 heterocycles. The first-order valence-electron chi connectivity index (χ1n) is 9.95. The molecule has 0 aliphatic carbocycles. The maximum Gasteiger partial charge on any atom is 0.415 e. The number of carbonyl (C=O) groups excluding carboxylic acids is 2. The molecule has 0 radical (unpaired) electrons. The standard InChI is InChI=1S/C20H25N3O5/c1-13(24)21-12-18-17-11-14-10-15(2-3-16(14)23(17)19(25)28-18)22-6-4-20(5-7-22)26-8-9-27-20/h2-3,10,17-18H,4-9,11-12H2,1H3,(H,21,24)/t17-,18-/m0/s1. The Hall–Kier alpha value is -2.32. The van der Waals surface area contributed by atoms with Gasteiger partial charge in [-0.25, -0.2) is 4.79 Å². The fourth-order valence-corrected chi connectivity index (χ4v) is 4.77. The van der Waals surface area contributed by atoms with Crippen molar-refractivity contribution in [2.24, 2.45) is 0 Å². The molecule has 0 aromatic heterocycles. The van der Waals surface area contributed by atoms with Crippen LogP contribution in [0.1, 0.15) is 25.3 Å². The van der Waals surface area contributed by atoms with Crippen LogP contribution in [0.4, 0.5) is 16.2 Å². The largest absolute Gasteiger partial charge is 0.442 e. The Morgan fingerprint density at radius 1 is 1.25 bits per heavy atom. The second-order valence-corrected chi connectivity index (χ2v) is 7.91. The molecule has 1 N–H and O–H groups in total. The Morgan fingerprint density at radius 2 is 2.00 bits per heavy atom. The van der Waals surface area contributed by atoms with Gasteiger partial charge in [-0.1, -0.05) is 0 Å². The van der Waals surface area contributed by atoms with Gasteiger partial charge in [-0.15, -0.1) is 0 Å². The van der Waals surface area contributed by atoms with Gasteiger partial charge in [0, 0.05) is 38.5 Å². The molecule has 0 unspecified atom stereocenters. The van der Waals surface area contributed by atoms with E-state index in [0.29, 0.717) is 19.8 Å². The predicted molar refractivity (Wildman–Crippen MR) is 101 cm³/mol. The van der Waals surface area contributed by atoms with Crippen molar-refractivity contribution in [2.45, 2.75) is 44.1 Å². The number of fused-ring (bicyclic) bond motifs is 3. The summed E-state index contributed by atoms with van der Waals surface area (Å²) in [6.07, 6.45) is 1.82. The lowest BCUT2D eigenvalue weighted by molar-refractivity contribution is -0.169. The van der Waals surface area contributed by atoms with Gasteiger partial charge < -0.3 is 24.4 Å². The van der Waals surface area contributed by atoms with Gasteiger partial charge in [-0.05, 0) is 30.2 Å². The minimum atomic E-state index is -0.378. The third-order valence-corrected chi connectivity index (χ3v) is 6.22. The minimum absolute atomic E-state index is 0.0606. The highest BCUT2D eigenvalue weighted by Gasteiger charge is 2.47. The van der Waals surface area contributed by atoms with Crippen molar-refractivity contribution >= 4 is 23.4 Å². The highest BCUT2D eigenvalue weighted by atomic mass is 16.7. The van der Waals surface area contributed by atoms with Gasteiger partial charge in [0.15, 0.2) is 5.79 Å². The van der Waals surface area contributed by atoms with Crippen molar-refractivity contribution in [1.29, 1.82) is 0 Å². The molecule has 1 aromatic carbocycles. The lowest BCUT2D eigenvalue weighted by atomic mass is 10.0. The number of nitrogens with one attached hydrogen (secondary N) is 1. The van der Waals surface area contributed by atoms with Crippen LogP contribution in [0.25, 0.3) is 0 Å². The number of benzene rings is 1. The first-order valence-corrected chi connectivity index (χ1v) is 9.95. The third-order valence-electron chi connectivity index (χ3n) is 6.22. The summed E-state index contributed by atoms with van der Waals surface area (Å²) in [7, 11) is 0. The summed E-state index contributed by atoms with van der Waals surface area (Å²) in [6.45, 7) is 4.96. The van der Waals surface area contributed by atoms with Crippen LogP contribution < -0.4 is 15.1 Å². The van der Waals surface area contributed by atoms with E-state index in [0.717, 1.165) is 43.6 Å². The number of rotatable bonds is 3. The van der Waals surface area contributed by atoms with Crippen molar-refractivity contribution in [3.8, 4) is 0 Å². The fraction of sp³-hybridized carbons (Fsp3) is 0.600. The summed E-state index contributed by atoms with van der Waals surface area (Å²) < 4.78 is 17.1. The van der Waals surface area contributed by atoms with Crippen LogP contribution in [0.5, 0.6) is 0 Å². The molecule has 2 atom stereocenters. The van der Waals surface area contributed by atoms with E-state index < -0.39 is 0 Å². The number of amides is 2. The van der Waals surface area contributed by atoms with Gasteiger partial charge in [0.25, 0.3) is 0 Å². The lowest BCUT2D eigenvalue weighted by Gasteiger charge is -2.38. The zero-order chi connectivity index (χ0) is 19.3. The van der Waals surface area contributed by atoms with Crippen LogP contribution in [0.15, 0.2) is 18.2 Å². The third kappa shape index (κ3) is 2.91. The van der Waals surface area contributed by atoms with Crippen LogP contribution in [0, 0.1) is 0 Å². The molecular weight excluding hydrogens is 362 g/mol. The average Bonchev–Trinajstić information content (AvgIpc) is 3.36. The Labute approximate surface area is 163 Å². The molecule has 8 nitrogen and oxygen atoms in total. The maximum atomic E-state index is 12.4. The number of piperidine rings is 1. The minimum Gasteiger partial charge on any atom is -0.442 e. The number of hydrogen-bond donors (Lipinski definition) is 1. The fourth-order valence-electron chi connectivity index (χ4n) is 4.77. The van der Waals surface area contributed by atoms with Crippen molar-refractivity contribution in [1.82, 2.24) is 5.32 Å². The first kappa shape index (κ1) is 17.8. The van der Waals surface area contributed by atoms with Crippen molar-refractivity contribution < 1.29 is 23.8 Å². The number of carbonyl (C=O) groups is 2. The summed E-state index contributed by atoms with van der Waals surface area (Å²) in [5.74, 6) is -0.498. The Morgan fingerprint density at radius 3 is 2.71 bits per heavy atom. The van der Waals surface area contributed by atoms with Crippen molar-refractivity contribution in [3.63, 3.8) is 0 Å². The number of ether oxygens (including phenoxy) is 3. The molecule has 2 amide bonds. The quantitative estimate of drug-likeness (QED) is 0.845. The SMILES string of the molecule is CC(=O)NC[C@@H]1OC(=O)N2c3ccc(N4CCC5(CC4)OCCO5)cc3C[C@@H]12. The van der Waals surface area contributed by atoms with Crippen LogP contribution in [-0.2, 0) is 25.4 Å². The van der Waals surface area contributed by atoms with Crippen LogP contribution in [0.2, 0.25) is 0 Å². The van der Waals surface area contributed by atoms with E-state index in [1.165, 1.54) is 12.6 Å². The summed E-state index contributed by atoms with van der Waals surface area (Å²) in [5.41, 5.74) is 3.24. The monoisotopic (exact) mass is 387 g/mol. The number of anilines is 2. The van der Waals surface area contributed by atoms with E-state index in [1.54, 1.807) is 4.90 Å². The van der Waals surface area contributed by atoms with E-state index in [-0.39, 0.29) is 29.9 Å². The Balaban J connectivity index is 1.30. The van der Waals surface area contributed by atoms with Gasteiger partial charge in [-0.2, -0.15) is 0 Å². The highest BCUT2D eigenvalue weighted by molar-refractivity contribution is 5.94. The van der Waals surface area contributed by atoms with E-state index in [9.17, 15) is 9.59 Å². The van der Waals surface area contributed by atoms with E-state index in [4.69, 9.17) is 14.2 Å². The van der Waals surface area contributed by atoms with Gasteiger partial charge in [0.05, 0.1) is 31.5 Å². The molecule has 1 aromatic rings. The van der Waals surface area contributed by atoms with Gasteiger partial charge in [-0.3, -0.25) is 9.69 Å². The first-order chi connectivity index (χ1) is 13.5. The molecule has 3 saturated heterocycles. The lowest BCUT2D eigenvalue weighted by Crippen LogP contribution is -2.45. The highest BCUT2D eigenvalue weighted by Crippen LogP contribution is 2.41. The second-order valence-electron chi connectivity index (χ2n) is 7.91. The molecular formula is C20H25N3O5.